The number of nitrogens with zero attached hydrogens (tertiary/aromatic N) is 5. The van der Waals surface area contributed by atoms with E-state index >= 15 is 0 Å². The maximum Gasteiger partial charge on any atom is 0.332 e. The van der Waals surface area contributed by atoms with Gasteiger partial charge in [-0.25, -0.2) is 14.3 Å². The summed E-state index contributed by atoms with van der Waals surface area (Å²) in [6.07, 6.45) is 2.27. The quantitative estimate of drug-likeness (QED) is 0.485. The van der Waals surface area contributed by atoms with Gasteiger partial charge in [0.25, 0.3) is 5.56 Å². The lowest BCUT2D eigenvalue weighted by atomic mass is 9.98. The number of amides is 1. The SMILES string of the molecule is Cn1cnc2c1c(=O)n(CC(=O)N1CCc3sccc3[C@@H]1c1cccs1)c(=O)n2C. The van der Waals surface area contributed by atoms with Gasteiger partial charge in [-0.3, -0.25) is 14.2 Å². The van der Waals surface area contributed by atoms with Crippen molar-refractivity contribution < 1.29 is 4.79 Å². The first kappa shape index (κ1) is 19.0. The number of fused-ring (bicyclic) bond motifs is 2. The summed E-state index contributed by atoms with van der Waals surface area (Å²) in [5.74, 6) is -0.244. The fourth-order valence-corrected chi connectivity index (χ4v) is 5.86. The average molecular weight is 442 g/mol. The van der Waals surface area contributed by atoms with Crippen molar-refractivity contribution in [3.8, 4) is 0 Å². The molecule has 0 bridgehead atoms. The van der Waals surface area contributed by atoms with Crippen LogP contribution in [0.15, 0.2) is 44.9 Å². The van der Waals surface area contributed by atoms with Crippen LogP contribution in [0.25, 0.3) is 11.2 Å². The Morgan fingerprint density at radius 1 is 1.20 bits per heavy atom. The largest absolute Gasteiger partial charge is 0.332 e. The van der Waals surface area contributed by atoms with E-state index in [0.29, 0.717) is 17.7 Å². The predicted molar refractivity (Wildman–Crippen MR) is 116 cm³/mol. The summed E-state index contributed by atoms with van der Waals surface area (Å²) in [7, 11) is 3.26. The van der Waals surface area contributed by atoms with E-state index in [-0.39, 0.29) is 18.5 Å². The lowest BCUT2D eigenvalue weighted by Gasteiger charge is -2.35. The molecule has 1 amide bonds. The first-order valence-corrected chi connectivity index (χ1v) is 11.2. The van der Waals surface area contributed by atoms with E-state index in [0.717, 1.165) is 21.4 Å². The van der Waals surface area contributed by atoms with Crippen LogP contribution in [0, 0.1) is 0 Å². The normalized spacial score (nSPS) is 16.2. The molecule has 4 aromatic heterocycles. The molecule has 1 atom stereocenters. The van der Waals surface area contributed by atoms with Crippen molar-refractivity contribution in [2.45, 2.75) is 19.0 Å². The van der Waals surface area contributed by atoms with E-state index in [1.165, 1.54) is 15.8 Å². The number of aryl methyl sites for hydroxylation is 2. The molecule has 0 radical (unpaired) electrons. The Balaban J connectivity index is 1.57. The van der Waals surface area contributed by atoms with Gasteiger partial charge in [-0.2, -0.15) is 0 Å². The first-order valence-electron chi connectivity index (χ1n) is 9.47. The number of thiophene rings is 2. The fourth-order valence-electron chi connectivity index (χ4n) is 4.10. The van der Waals surface area contributed by atoms with Gasteiger partial charge in [-0.1, -0.05) is 6.07 Å². The third-order valence-corrected chi connectivity index (χ3v) is 7.51. The number of carbonyl (C=O) groups is 1. The minimum Gasteiger partial charge on any atom is -0.329 e. The third kappa shape index (κ3) is 2.78. The molecule has 8 nitrogen and oxygen atoms in total. The summed E-state index contributed by atoms with van der Waals surface area (Å²) >= 11 is 3.31. The molecule has 1 aliphatic rings. The van der Waals surface area contributed by atoms with Crippen LogP contribution in [0.5, 0.6) is 0 Å². The standard InChI is InChI=1S/C20H19N5O3S2/c1-22-11-21-18-17(22)19(27)25(20(28)23(18)2)10-15(26)24-7-5-13-12(6-9-30-13)16(24)14-4-3-8-29-14/h3-4,6,8-9,11,16H,5,7,10H2,1-2H3/t16-/m1/s1. The highest BCUT2D eigenvalue weighted by Gasteiger charge is 2.34. The molecular formula is C20H19N5O3S2. The zero-order chi connectivity index (χ0) is 21.0. The monoisotopic (exact) mass is 441 g/mol. The Morgan fingerprint density at radius 2 is 2.03 bits per heavy atom. The van der Waals surface area contributed by atoms with Crippen LogP contribution in [-0.4, -0.2) is 36.0 Å². The van der Waals surface area contributed by atoms with Crippen LogP contribution in [0.4, 0.5) is 0 Å². The summed E-state index contributed by atoms with van der Waals surface area (Å²) in [5, 5.41) is 4.05. The summed E-state index contributed by atoms with van der Waals surface area (Å²) < 4.78 is 3.90. The maximum absolute atomic E-state index is 13.4. The van der Waals surface area contributed by atoms with Gasteiger partial charge in [0.15, 0.2) is 11.2 Å². The van der Waals surface area contributed by atoms with Crippen LogP contribution in [0.2, 0.25) is 0 Å². The second-order valence-corrected chi connectivity index (χ2v) is 9.29. The Morgan fingerprint density at radius 3 is 2.80 bits per heavy atom. The van der Waals surface area contributed by atoms with E-state index in [1.54, 1.807) is 46.2 Å². The topological polar surface area (TPSA) is 82.1 Å². The van der Waals surface area contributed by atoms with Gasteiger partial charge in [0.2, 0.25) is 5.91 Å². The lowest BCUT2D eigenvalue weighted by Crippen LogP contribution is -2.47. The number of aromatic nitrogens is 4. The summed E-state index contributed by atoms with van der Waals surface area (Å²) in [4.78, 5) is 47.5. The zero-order valence-corrected chi connectivity index (χ0v) is 18.1. The molecule has 5 heterocycles. The Kier molecular flexibility index (Phi) is 4.48. The highest BCUT2D eigenvalue weighted by atomic mass is 32.1. The number of imidazole rings is 1. The van der Waals surface area contributed by atoms with Gasteiger partial charge in [0, 0.05) is 30.4 Å². The van der Waals surface area contributed by atoms with Gasteiger partial charge >= 0.3 is 5.69 Å². The minimum absolute atomic E-state index is 0.188. The molecule has 0 fully saturated rings. The van der Waals surface area contributed by atoms with Gasteiger partial charge in [0.05, 0.1) is 12.4 Å². The van der Waals surface area contributed by atoms with Crippen molar-refractivity contribution in [3.05, 3.63) is 71.4 Å². The molecule has 0 saturated carbocycles. The minimum atomic E-state index is -0.541. The van der Waals surface area contributed by atoms with Gasteiger partial charge in [0.1, 0.15) is 6.54 Å². The van der Waals surface area contributed by atoms with E-state index < -0.39 is 11.2 Å². The van der Waals surface area contributed by atoms with Crippen molar-refractivity contribution in [2.75, 3.05) is 6.54 Å². The highest BCUT2D eigenvalue weighted by molar-refractivity contribution is 7.10. The van der Waals surface area contributed by atoms with E-state index in [9.17, 15) is 14.4 Å². The van der Waals surface area contributed by atoms with Crippen LogP contribution < -0.4 is 11.2 Å². The van der Waals surface area contributed by atoms with Crippen LogP contribution >= 0.6 is 22.7 Å². The van der Waals surface area contributed by atoms with Crippen molar-refractivity contribution in [3.63, 3.8) is 0 Å². The summed E-state index contributed by atoms with van der Waals surface area (Å²) in [6.45, 7) is 0.256. The molecule has 0 aliphatic carbocycles. The number of carbonyl (C=O) groups excluding carboxylic acids is 1. The molecule has 0 unspecified atom stereocenters. The number of hydrogen-bond acceptors (Lipinski definition) is 6. The van der Waals surface area contributed by atoms with Gasteiger partial charge < -0.3 is 9.47 Å². The molecule has 4 aromatic rings. The third-order valence-electron chi connectivity index (χ3n) is 5.59. The molecule has 0 spiro atoms. The Labute approximate surface area is 179 Å². The molecule has 0 saturated heterocycles. The highest BCUT2D eigenvalue weighted by Crippen LogP contribution is 2.39. The van der Waals surface area contributed by atoms with Crippen LogP contribution in [-0.2, 0) is 31.9 Å². The molecule has 10 heteroatoms. The lowest BCUT2D eigenvalue weighted by molar-refractivity contribution is -0.134. The average Bonchev–Trinajstić information content (AvgIpc) is 3.49. The van der Waals surface area contributed by atoms with E-state index in [1.807, 2.05) is 17.5 Å². The number of hydrogen-bond donors (Lipinski definition) is 0. The van der Waals surface area contributed by atoms with Crippen molar-refractivity contribution >= 4 is 39.7 Å². The summed E-state index contributed by atoms with van der Waals surface area (Å²) in [6, 6.07) is 5.87. The van der Waals surface area contributed by atoms with Gasteiger partial charge in [-0.15, -0.1) is 22.7 Å². The van der Waals surface area contributed by atoms with Crippen LogP contribution in [0.1, 0.15) is 21.4 Å². The first-order chi connectivity index (χ1) is 14.5. The van der Waals surface area contributed by atoms with Crippen molar-refractivity contribution in [1.29, 1.82) is 0 Å². The molecule has 0 aromatic carbocycles. The second kappa shape index (κ2) is 7.06. The van der Waals surface area contributed by atoms with E-state index in [4.69, 9.17) is 0 Å². The Hall–Kier alpha value is -2.98. The smallest absolute Gasteiger partial charge is 0.329 e. The number of rotatable bonds is 3. The molecule has 30 heavy (non-hydrogen) atoms. The predicted octanol–water partition coefficient (Wildman–Crippen LogP) is 1.73. The van der Waals surface area contributed by atoms with Gasteiger partial charge in [-0.05, 0) is 34.9 Å². The molecular weight excluding hydrogens is 422 g/mol. The van der Waals surface area contributed by atoms with Crippen LogP contribution in [0.3, 0.4) is 0 Å². The fraction of sp³-hybridized carbons (Fsp3) is 0.300. The summed E-state index contributed by atoms with van der Waals surface area (Å²) in [5.41, 5.74) is 0.708. The van der Waals surface area contributed by atoms with E-state index in [2.05, 4.69) is 16.4 Å². The Bertz CT molecular complexity index is 1380. The molecule has 154 valence electrons. The van der Waals surface area contributed by atoms with Crippen molar-refractivity contribution in [1.82, 2.24) is 23.6 Å². The molecule has 0 N–H and O–H groups in total. The zero-order valence-electron chi connectivity index (χ0n) is 16.4. The molecule has 5 rings (SSSR count). The molecule has 1 aliphatic heterocycles. The second-order valence-electron chi connectivity index (χ2n) is 7.31. The maximum atomic E-state index is 13.4. The van der Waals surface area contributed by atoms with Crippen molar-refractivity contribution in [2.24, 2.45) is 14.1 Å².